The zero-order chi connectivity index (χ0) is 23.2. The van der Waals surface area contributed by atoms with Gasteiger partial charge in [0, 0.05) is 16.1 Å². The lowest BCUT2D eigenvalue weighted by Gasteiger charge is -2.08. The lowest BCUT2D eigenvalue weighted by Crippen LogP contribution is -2.13. The maximum atomic E-state index is 12.7. The summed E-state index contributed by atoms with van der Waals surface area (Å²) in [6, 6.07) is 28.2. The summed E-state index contributed by atoms with van der Waals surface area (Å²) in [5.41, 5.74) is 1.53. The van der Waals surface area contributed by atoms with Gasteiger partial charge in [0.2, 0.25) is 0 Å². The zero-order valence-electron chi connectivity index (χ0n) is 17.3. The van der Waals surface area contributed by atoms with Crippen molar-refractivity contribution in [2.75, 3.05) is 5.32 Å². The highest BCUT2D eigenvalue weighted by Gasteiger charge is 2.12. The SMILES string of the molecule is N#C/C(=C\c1ccc(OC(=O)c2cccc(Cl)c2)cc1)C(=O)Nc1cccc2ccccc12. The molecule has 1 N–H and O–H groups in total. The predicted octanol–water partition coefficient (Wildman–Crippen LogP) is 6.26. The Labute approximate surface area is 195 Å². The van der Waals surface area contributed by atoms with Crippen molar-refractivity contribution >= 4 is 46.0 Å². The van der Waals surface area contributed by atoms with Gasteiger partial charge in [-0.3, -0.25) is 4.79 Å². The molecule has 0 atom stereocenters. The molecule has 0 radical (unpaired) electrons. The second-order valence-electron chi connectivity index (χ2n) is 7.12. The van der Waals surface area contributed by atoms with Crippen molar-refractivity contribution in [2.24, 2.45) is 0 Å². The van der Waals surface area contributed by atoms with Gasteiger partial charge in [-0.2, -0.15) is 5.26 Å². The molecule has 0 saturated carbocycles. The van der Waals surface area contributed by atoms with Crippen LogP contribution in [0.1, 0.15) is 15.9 Å². The van der Waals surface area contributed by atoms with Gasteiger partial charge in [0.15, 0.2) is 0 Å². The van der Waals surface area contributed by atoms with E-state index in [0.717, 1.165) is 10.8 Å². The smallest absolute Gasteiger partial charge is 0.343 e. The molecule has 0 aliphatic heterocycles. The Balaban J connectivity index is 1.48. The van der Waals surface area contributed by atoms with Crippen molar-refractivity contribution in [2.45, 2.75) is 0 Å². The number of nitriles is 1. The molecular formula is C27H17ClN2O3. The van der Waals surface area contributed by atoms with E-state index in [9.17, 15) is 14.9 Å². The molecule has 0 spiro atoms. The van der Waals surface area contributed by atoms with Crippen LogP contribution >= 0.6 is 11.6 Å². The number of anilines is 1. The molecule has 0 saturated heterocycles. The number of carbonyl (C=O) groups is 2. The van der Waals surface area contributed by atoms with Crippen molar-refractivity contribution in [1.82, 2.24) is 0 Å². The standard InChI is InChI=1S/C27H17ClN2O3/c28-22-8-3-7-20(16-22)27(32)33-23-13-11-18(12-14-23)15-21(17-29)26(31)30-25-10-4-6-19-5-1-2-9-24(19)25/h1-16H,(H,30,31)/b21-15+. The molecule has 4 rings (SSSR count). The number of carbonyl (C=O) groups excluding carboxylic acids is 2. The Hall–Kier alpha value is -4.40. The van der Waals surface area contributed by atoms with Gasteiger partial charge in [-0.05, 0) is 53.4 Å². The van der Waals surface area contributed by atoms with E-state index in [1.165, 1.54) is 12.1 Å². The molecule has 33 heavy (non-hydrogen) atoms. The monoisotopic (exact) mass is 452 g/mol. The molecule has 4 aromatic carbocycles. The largest absolute Gasteiger partial charge is 0.423 e. The van der Waals surface area contributed by atoms with E-state index in [1.807, 2.05) is 42.5 Å². The van der Waals surface area contributed by atoms with E-state index < -0.39 is 11.9 Å². The molecule has 0 heterocycles. The average molecular weight is 453 g/mol. The number of nitrogens with zero attached hydrogens (tertiary/aromatic N) is 1. The van der Waals surface area contributed by atoms with Gasteiger partial charge >= 0.3 is 5.97 Å². The number of ether oxygens (including phenoxy) is 1. The van der Waals surface area contributed by atoms with Gasteiger partial charge in [-0.15, -0.1) is 0 Å². The summed E-state index contributed by atoms with van der Waals surface area (Å²) >= 11 is 5.91. The van der Waals surface area contributed by atoms with Crippen LogP contribution in [0.3, 0.4) is 0 Å². The summed E-state index contributed by atoms with van der Waals surface area (Å²) in [6.07, 6.45) is 1.48. The minimum Gasteiger partial charge on any atom is -0.423 e. The van der Waals surface area contributed by atoms with Crippen molar-refractivity contribution < 1.29 is 14.3 Å². The number of nitrogens with one attached hydrogen (secondary N) is 1. The number of rotatable bonds is 5. The summed E-state index contributed by atoms with van der Waals surface area (Å²) in [6.45, 7) is 0. The first-order valence-corrected chi connectivity index (χ1v) is 10.4. The van der Waals surface area contributed by atoms with Crippen LogP contribution < -0.4 is 10.1 Å². The van der Waals surface area contributed by atoms with Gasteiger partial charge in [0.25, 0.3) is 5.91 Å². The topological polar surface area (TPSA) is 79.2 Å². The summed E-state index contributed by atoms with van der Waals surface area (Å²) in [7, 11) is 0. The van der Waals surface area contributed by atoms with Gasteiger partial charge < -0.3 is 10.1 Å². The Morgan fingerprint density at radius 1 is 0.909 bits per heavy atom. The van der Waals surface area contributed by atoms with E-state index >= 15 is 0 Å². The van der Waals surface area contributed by atoms with Gasteiger partial charge in [-0.25, -0.2) is 4.79 Å². The van der Waals surface area contributed by atoms with E-state index in [4.69, 9.17) is 16.3 Å². The molecule has 0 aliphatic rings. The van der Waals surface area contributed by atoms with Crippen molar-refractivity contribution in [3.63, 3.8) is 0 Å². The molecule has 0 fully saturated rings. The third-order valence-electron chi connectivity index (χ3n) is 4.86. The molecule has 160 valence electrons. The minimum absolute atomic E-state index is 0.0494. The summed E-state index contributed by atoms with van der Waals surface area (Å²) < 4.78 is 5.35. The Bertz CT molecular complexity index is 1410. The highest BCUT2D eigenvalue weighted by atomic mass is 35.5. The number of esters is 1. The maximum absolute atomic E-state index is 12.7. The van der Waals surface area contributed by atoms with Crippen LogP contribution in [0, 0.1) is 11.3 Å². The van der Waals surface area contributed by atoms with Crippen LogP contribution in [0.15, 0.2) is 96.6 Å². The number of halogens is 1. The van der Waals surface area contributed by atoms with Gasteiger partial charge in [0.05, 0.1) is 5.56 Å². The first-order valence-electron chi connectivity index (χ1n) is 10.0. The second kappa shape index (κ2) is 9.82. The molecule has 0 aromatic heterocycles. The van der Waals surface area contributed by atoms with Crippen molar-refractivity contribution in [3.05, 3.63) is 113 Å². The fraction of sp³-hybridized carbons (Fsp3) is 0. The maximum Gasteiger partial charge on any atom is 0.343 e. The molecule has 1 amide bonds. The third kappa shape index (κ3) is 5.27. The molecule has 5 nitrogen and oxygen atoms in total. The quantitative estimate of drug-likeness (QED) is 0.168. The van der Waals surface area contributed by atoms with E-state index in [-0.39, 0.29) is 5.57 Å². The van der Waals surface area contributed by atoms with Gasteiger partial charge in [-0.1, -0.05) is 66.2 Å². The van der Waals surface area contributed by atoms with Crippen LogP contribution in [-0.4, -0.2) is 11.9 Å². The van der Waals surface area contributed by atoms with Crippen LogP contribution in [-0.2, 0) is 4.79 Å². The molecule has 6 heteroatoms. The highest BCUT2D eigenvalue weighted by molar-refractivity contribution is 6.30. The molecule has 0 bridgehead atoms. The average Bonchev–Trinajstić information content (AvgIpc) is 2.83. The first kappa shape index (κ1) is 21.8. The third-order valence-corrected chi connectivity index (χ3v) is 5.10. The normalized spacial score (nSPS) is 11.0. The van der Waals surface area contributed by atoms with Gasteiger partial charge in [0.1, 0.15) is 17.4 Å². The molecule has 0 unspecified atom stereocenters. The first-order chi connectivity index (χ1) is 16.0. The zero-order valence-corrected chi connectivity index (χ0v) is 18.0. The summed E-state index contributed by atoms with van der Waals surface area (Å²) in [5.74, 6) is -0.714. The second-order valence-corrected chi connectivity index (χ2v) is 7.56. The summed E-state index contributed by atoms with van der Waals surface area (Å²) in [4.78, 5) is 24.9. The number of hydrogen-bond acceptors (Lipinski definition) is 4. The number of fused-ring (bicyclic) bond motifs is 1. The lowest BCUT2D eigenvalue weighted by atomic mass is 10.1. The summed E-state index contributed by atoms with van der Waals surface area (Å²) in [5, 5.41) is 14.6. The van der Waals surface area contributed by atoms with E-state index in [2.05, 4.69) is 5.32 Å². The van der Waals surface area contributed by atoms with Crippen molar-refractivity contribution in [3.8, 4) is 11.8 Å². The molecule has 4 aromatic rings. The molecular weight excluding hydrogens is 436 g/mol. The fourth-order valence-electron chi connectivity index (χ4n) is 3.25. The predicted molar refractivity (Wildman–Crippen MR) is 129 cm³/mol. The fourth-order valence-corrected chi connectivity index (χ4v) is 3.44. The number of amides is 1. The highest BCUT2D eigenvalue weighted by Crippen LogP contribution is 2.24. The lowest BCUT2D eigenvalue weighted by molar-refractivity contribution is -0.112. The van der Waals surface area contributed by atoms with E-state index in [1.54, 1.807) is 48.5 Å². The van der Waals surface area contributed by atoms with Crippen LogP contribution in [0.25, 0.3) is 16.8 Å². The molecule has 0 aliphatic carbocycles. The number of benzene rings is 4. The number of hydrogen-bond donors (Lipinski definition) is 1. The van der Waals surface area contributed by atoms with Crippen molar-refractivity contribution in [1.29, 1.82) is 5.26 Å². The minimum atomic E-state index is -0.534. The van der Waals surface area contributed by atoms with Crippen LogP contribution in [0.5, 0.6) is 5.75 Å². The Morgan fingerprint density at radius 3 is 2.39 bits per heavy atom. The van der Waals surface area contributed by atoms with E-state index in [0.29, 0.717) is 27.6 Å². The van der Waals surface area contributed by atoms with Crippen LogP contribution in [0.4, 0.5) is 5.69 Å². The Morgan fingerprint density at radius 2 is 1.64 bits per heavy atom. The Kier molecular flexibility index (Phi) is 6.49. The van der Waals surface area contributed by atoms with Crippen LogP contribution in [0.2, 0.25) is 5.02 Å².